The molecule has 1 fully saturated rings. The van der Waals surface area contributed by atoms with Gasteiger partial charge in [0, 0.05) is 61.6 Å². The Morgan fingerprint density at radius 2 is 1.69 bits per heavy atom. The lowest BCUT2D eigenvalue weighted by Gasteiger charge is -2.32. The zero-order valence-corrected chi connectivity index (χ0v) is 19.9. The first-order valence-electron chi connectivity index (χ1n) is 12.5. The average Bonchev–Trinajstić information content (AvgIpc) is 3.60. The van der Waals surface area contributed by atoms with E-state index in [0.29, 0.717) is 12.3 Å². The number of likely N-dealkylation sites (tertiary alicyclic amines) is 1. The number of carbonyl (C=O) groups excluding carboxylic acids is 2. The van der Waals surface area contributed by atoms with Crippen LogP contribution < -0.4 is 0 Å². The quantitative estimate of drug-likeness (QED) is 0.249. The predicted molar refractivity (Wildman–Crippen MR) is 135 cm³/mol. The van der Waals surface area contributed by atoms with E-state index in [4.69, 9.17) is 0 Å². The molecule has 0 atom stereocenters. The first-order chi connectivity index (χ1) is 17.2. The molecule has 7 heteroatoms. The van der Waals surface area contributed by atoms with Gasteiger partial charge in [-0.15, -0.1) is 0 Å². The summed E-state index contributed by atoms with van der Waals surface area (Å²) in [6, 6.07) is 13.3. The summed E-state index contributed by atoms with van der Waals surface area (Å²) in [5.74, 6) is 0.980. The van der Waals surface area contributed by atoms with Gasteiger partial charge in [-0.1, -0.05) is 19.3 Å². The van der Waals surface area contributed by atoms with Crippen molar-refractivity contribution in [3.8, 4) is 5.69 Å². The lowest BCUT2D eigenvalue weighted by molar-refractivity contribution is 0.0685. The lowest BCUT2D eigenvalue weighted by Crippen LogP contribution is -2.38. The molecule has 0 bridgehead atoms. The summed E-state index contributed by atoms with van der Waals surface area (Å²) in [4.78, 5) is 31.6. The number of imidazole rings is 1. The summed E-state index contributed by atoms with van der Waals surface area (Å²) >= 11 is 0. The van der Waals surface area contributed by atoms with Crippen LogP contribution in [0.25, 0.3) is 11.3 Å². The molecule has 180 valence electrons. The first-order valence-corrected chi connectivity index (χ1v) is 12.5. The van der Waals surface area contributed by atoms with Gasteiger partial charge in [0.25, 0.3) is 5.91 Å². The van der Waals surface area contributed by atoms with Crippen molar-refractivity contribution < 1.29 is 9.59 Å². The van der Waals surface area contributed by atoms with Gasteiger partial charge in [0.05, 0.1) is 5.69 Å². The van der Waals surface area contributed by atoms with E-state index in [1.165, 1.54) is 6.42 Å². The van der Waals surface area contributed by atoms with Gasteiger partial charge in [0.15, 0.2) is 5.78 Å². The van der Waals surface area contributed by atoms with Crippen LogP contribution in [-0.2, 0) is 0 Å². The van der Waals surface area contributed by atoms with Crippen LogP contribution in [0.1, 0.15) is 65.7 Å². The Kier molecular flexibility index (Phi) is 7.02. The molecule has 1 aliphatic heterocycles. The molecule has 1 amide bonds. The average molecular weight is 470 g/mol. The molecule has 0 N–H and O–H groups in total. The summed E-state index contributed by atoms with van der Waals surface area (Å²) in [6.45, 7) is 1.64. The molecule has 1 saturated heterocycles. The van der Waals surface area contributed by atoms with E-state index in [2.05, 4.69) is 10.1 Å². The smallest absolute Gasteiger partial charge is 0.253 e. The van der Waals surface area contributed by atoms with E-state index in [-0.39, 0.29) is 11.7 Å². The van der Waals surface area contributed by atoms with Crippen LogP contribution >= 0.6 is 0 Å². The van der Waals surface area contributed by atoms with Crippen molar-refractivity contribution in [1.29, 1.82) is 0 Å². The molecule has 4 aromatic rings. The van der Waals surface area contributed by atoms with Gasteiger partial charge in [-0.2, -0.15) is 5.10 Å². The highest BCUT2D eigenvalue weighted by atomic mass is 16.2. The van der Waals surface area contributed by atoms with Crippen LogP contribution in [0.3, 0.4) is 0 Å². The number of aromatic nitrogens is 4. The zero-order valence-electron chi connectivity index (χ0n) is 19.9. The maximum Gasteiger partial charge on any atom is 0.253 e. The number of unbranched alkanes of at least 4 members (excludes halogenated alkanes) is 2. The number of hydrogen-bond donors (Lipinski definition) is 0. The fraction of sp³-hybridized carbons (Fsp3) is 0.357. The lowest BCUT2D eigenvalue weighted by atomic mass is 9.90. The zero-order chi connectivity index (χ0) is 24.0. The van der Waals surface area contributed by atoms with Crippen molar-refractivity contribution >= 4 is 17.3 Å². The van der Waals surface area contributed by atoms with Gasteiger partial charge in [-0.3, -0.25) is 9.59 Å². The number of pyridine rings is 1. The van der Waals surface area contributed by atoms with Gasteiger partial charge in [0.1, 0.15) is 5.65 Å². The van der Waals surface area contributed by atoms with Crippen molar-refractivity contribution in [3.63, 3.8) is 0 Å². The topological polar surface area (TPSA) is 72.5 Å². The molecule has 0 unspecified atom stereocenters. The standard InChI is InChI=1S/C28H31N5O2/c34-26(24-9-12-27-29-16-20-32(27)21-24)6-3-1-2-5-22-13-18-31(19-14-22)28(35)23-7-10-25(11-8-23)33-17-4-15-30-33/h4,7-12,15-17,20-22H,1-3,5-6,13-14,18-19H2. The number of fused-ring (bicyclic) bond motifs is 1. The molecular formula is C28H31N5O2. The summed E-state index contributed by atoms with van der Waals surface area (Å²) in [6.07, 6.45) is 16.1. The first kappa shape index (κ1) is 23.0. The molecule has 5 rings (SSSR count). The molecule has 0 spiro atoms. The van der Waals surface area contributed by atoms with Gasteiger partial charge in [-0.25, -0.2) is 9.67 Å². The van der Waals surface area contributed by atoms with Crippen LogP contribution in [0.5, 0.6) is 0 Å². The van der Waals surface area contributed by atoms with E-state index in [0.717, 1.165) is 67.7 Å². The normalized spacial score (nSPS) is 14.5. The van der Waals surface area contributed by atoms with Gasteiger partial charge in [0.2, 0.25) is 0 Å². The number of ketones is 1. The van der Waals surface area contributed by atoms with Crippen LogP contribution in [-0.4, -0.2) is 48.8 Å². The van der Waals surface area contributed by atoms with Gasteiger partial charge >= 0.3 is 0 Å². The summed E-state index contributed by atoms with van der Waals surface area (Å²) < 4.78 is 3.68. The SMILES string of the molecule is O=C(CCCCCC1CCN(C(=O)c2ccc(-n3cccn3)cc2)CC1)c1ccc2nccn2c1. The number of carbonyl (C=O) groups is 2. The summed E-state index contributed by atoms with van der Waals surface area (Å²) in [5, 5.41) is 4.23. The molecule has 7 nitrogen and oxygen atoms in total. The fourth-order valence-corrected chi connectivity index (χ4v) is 4.91. The van der Waals surface area contributed by atoms with Crippen LogP contribution in [0.4, 0.5) is 0 Å². The Balaban J connectivity index is 1.00. The van der Waals surface area contributed by atoms with E-state index in [9.17, 15) is 9.59 Å². The minimum Gasteiger partial charge on any atom is -0.339 e. The van der Waals surface area contributed by atoms with E-state index < -0.39 is 0 Å². The molecule has 1 aromatic carbocycles. The molecule has 4 heterocycles. The second kappa shape index (κ2) is 10.7. The van der Waals surface area contributed by atoms with Crippen molar-refractivity contribution in [3.05, 3.63) is 84.6 Å². The van der Waals surface area contributed by atoms with Crippen LogP contribution in [0, 0.1) is 5.92 Å². The highest BCUT2D eigenvalue weighted by molar-refractivity contribution is 5.96. The number of Topliss-reactive ketones (excluding diaryl/α,β-unsaturated/α-hetero) is 1. The third-order valence-electron chi connectivity index (χ3n) is 7.01. The molecule has 0 radical (unpaired) electrons. The summed E-state index contributed by atoms with van der Waals surface area (Å²) in [7, 11) is 0. The van der Waals surface area contributed by atoms with Gasteiger partial charge in [-0.05, 0) is 67.6 Å². The van der Waals surface area contributed by atoms with Crippen molar-refractivity contribution in [2.75, 3.05) is 13.1 Å². The van der Waals surface area contributed by atoms with E-state index in [1.54, 1.807) is 17.1 Å². The number of nitrogens with zero attached hydrogens (tertiary/aromatic N) is 5. The Morgan fingerprint density at radius 3 is 2.46 bits per heavy atom. The summed E-state index contributed by atoms with van der Waals surface area (Å²) in [5.41, 5.74) is 3.29. The molecule has 1 aliphatic rings. The Morgan fingerprint density at radius 1 is 0.886 bits per heavy atom. The Hall–Kier alpha value is -3.74. The highest BCUT2D eigenvalue weighted by Gasteiger charge is 2.23. The largest absolute Gasteiger partial charge is 0.339 e. The molecule has 0 aliphatic carbocycles. The van der Waals surface area contributed by atoms with Crippen LogP contribution in [0.15, 0.2) is 73.4 Å². The second-order valence-electron chi connectivity index (χ2n) is 9.37. The molecule has 0 saturated carbocycles. The number of amides is 1. The van der Waals surface area contributed by atoms with E-state index in [1.807, 2.05) is 70.4 Å². The molecular weight excluding hydrogens is 438 g/mol. The van der Waals surface area contributed by atoms with Crippen molar-refractivity contribution in [2.45, 2.75) is 44.9 Å². The highest BCUT2D eigenvalue weighted by Crippen LogP contribution is 2.25. The van der Waals surface area contributed by atoms with Crippen molar-refractivity contribution in [1.82, 2.24) is 24.1 Å². The van der Waals surface area contributed by atoms with E-state index >= 15 is 0 Å². The monoisotopic (exact) mass is 469 g/mol. The number of piperidine rings is 1. The number of hydrogen-bond acceptors (Lipinski definition) is 4. The third-order valence-corrected chi connectivity index (χ3v) is 7.01. The fourth-order valence-electron chi connectivity index (χ4n) is 4.91. The second-order valence-corrected chi connectivity index (χ2v) is 9.37. The van der Waals surface area contributed by atoms with Crippen LogP contribution in [0.2, 0.25) is 0 Å². The maximum atomic E-state index is 12.9. The number of benzene rings is 1. The Labute approximate surface area is 205 Å². The predicted octanol–water partition coefficient (Wildman–Crippen LogP) is 5.21. The minimum atomic E-state index is 0.114. The minimum absolute atomic E-state index is 0.114. The third kappa shape index (κ3) is 5.50. The molecule has 35 heavy (non-hydrogen) atoms. The number of rotatable bonds is 9. The Bertz CT molecular complexity index is 1270. The maximum absolute atomic E-state index is 12.9. The van der Waals surface area contributed by atoms with Gasteiger partial charge < -0.3 is 9.30 Å². The van der Waals surface area contributed by atoms with Crippen molar-refractivity contribution in [2.24, 2.45) is 5.92 Å². The molecule has 3 aromatic heterocycles.